The van der Waals surface area contributed by atoms with Crippen molar-refractivity contribution >= 4 is 11.3 Å². The lowest BCUT2D eigenvalue weighted by Gasteiger charge is -2.39. The van der Waals surface area contributed by atoms with Crippen LogP contribution in [0.5, 0.6) is 0 Å². The summed E-state index contributed by atoms with van der Waals surface area (Å²) >= 11 is 1.67. The van der Waals surface area contributed by atoms with Crippen LogP contribution in [0.15, 0.2) is 28.1 Å². The van der Waals surface area contributed by atoms with E-state index in [-0.39, 0.29) is 5.41 Å². The summed E-state index contributed by atoms with van der Waals surface area (Å²) < 4.78 is 5.84. The summed E-state index contributed by atoms with van der Waals surface area (Å²) in [5.41, 5.74) is 0.134. The first-order chi connectivity index (χ1) is 10.2. The fourth-order valence-corrected chi connectivity index (χ4v) is 3.59. The molecule has 21 heavy (non-hydrogen) atoms. The largest absolute Gasteiger partial charge is 0.438 e. The van der Waals surface area contributed by atoms with Crippen molar-refractivity contribution < 1.29 is 9.52 Å². The fraction of sp³-hybridized carbons (Fsp3) is 0.562. The molecule has 3 heterocycles. The van der Waals surface area contributed by atoms with Crippen LogP contribution in [-0.4, -0.2) is 34.7 Å². The monoisotopic (exact) mass is 306 g/mol. The topological polar surface area (TPSA) is 49.5 Å². The molecule has 2 aromatic rings. The fourth-order valence-electron chi connectivity index (χ4n) is 2.92. The molecule has 1 fully saturated rings. The molecule has 0 atom stereocenters. The molecule has 4 nitrogen and oxygen atoms in total. The molecule has 3 rings (SSSR count). The molecule has 0 unspecified atom stereocenters. The second-order valence-electron chi connectivity index (χ2n) is 5.88. The Morgan fingerprint density at radius 1 is 1.43 bits per heavy atom. The summed E-state index contributed by atoms with van der Waals surface area (Å²) in [5.74, 6) is 1.64. The van der Waals surface area contributed by atoms with Gasteiger partial charge in [0.05, 0.1) is 17.6 Å². The molecule has 1 saturated heterocycles. The number of thiophene rings is 1. The third-order valence-corrected chi connectivity index (χ3v) is 5.56. The number of rotatable bonds is 5. The van der Waals surface area contributed by atoms with Gasteiger partial charge in [0.2, 0.25) is 5.89 Å². The van der Waals surface area contributed by atoms with E-state index in [0.29, 0.717) is 6.61 Å². The SMILES string of the molecule is CCC1(CO)CCN(Cc2ncc(-c3cccs3)o2)CC1. The smallest absolute Gasteiger partial charge is 0.209 e. The van der Waals surface area contributed by atoms with Gasteiger partial charge in [-0.25, -0.2) is 4.98 Å². The summed E-state index contributed by atoms with van der Waals surface area (Å²) in [5, 5.41) is 11.6. The maximum absolute atomic E-state index is 9.58. The highest BCUT2D eigenvalue weighted by molar-refractivity contribution is 7.13. The van der Waals surface area contributed by atoms with E-state index in [2.05, 4.69) is 16.8 Å². The number of oxazole rings is 1. The summed E-state index contributed by atoms with van der Waals surface area (Å²) in [6, 6.07) is 4.07. The Hall–Kier alpha value is -1.17. The zero-order valence-electron chi connectivity index (χ0n) is 12.4. The van der Waals surface area contributed by atoms with Gasteiger partial charge in [-0.1, -0.05) is 13.0 Å². The lowest BCUT2D eigenvalue weighted by Crippen LogP contribution is -2.41. The number of hydrogen-bond acceptors (Lipinski definition) is 5. The van der Waals surface area contributed by atoms with Crippen LogP contribution in [-0.2, 0) is 6.54 Å². The zero-order valence-corrected chi connectivity index (χ0v) is 13.2. The van der Waals surface area contributed by atoms with Gasteiger partial charge < -0.3 is 9.52 Å². The number of aromatic nitrogens is 1. The number of aliphatic hydroxyl groups is 1. The highest BCUT2D eigenvalue weighted by atomic mass is 32.1. The van der Waals surface area contributed by atoms with Crippen LogP contribution < -0.4 is 0 Å². The molecule has 0 aromatic carbocycles. The van der Waals surface area contributed by atoms with Gasteiger partial charge in [-0.05, 0) is 49.2 Å². The molecule has 114 valence electrons. The van der Waals surface area contributed by atoms with Crippen molar-refractivity contribution in [1.29, 1.82) is 0 Å². The Bertz CT molecular complexity index is 551. The highest BCUT2D eigenvalue weighted by Crippen LogP contribution is 2.34. The highest BCUT2D eigenvalue weighted by Gasteiger charge is 2.32. The van der Waals surface area contributed by atoms with Gasteiger partial charge in [0.25, 0.3) is 0 Å². The van der Waals surface area contributed by atoms with Gasteiger partial charge in [-0.3, -0.25) is 4.90 Å². The van der Waals surface area contributed by atoms with Gasteiger partial charge in [0.15, 0.2) is 5.76 Å². The molecule has 1 aliphatic heterocycles. The first-order valence-electron chi connectivity index (χ1n) is 7.56. The minimum Gasteiger partial charge on any atom is -0.438 e. The van der Waals surface area contributed by atoms with Crippen molar-refractivity contribution in [2.75, 3.05) is 19.7 Å². The Balaban J connectivity index is 1.59. The Kier molecular flexibility index (Phi) is 4.42. The average Bonchev–Trinajstić information content (AvgIpc) is 3.19. The second-order valence-corrected chi connectivity index (χ2v) is 6.83. The van der Waals surface area contributed by atoms with Crippen LogP contribution in [0.4, 0.5) is 0 Å². The summed E-state index contributed by atoms with van der Waals surface area (Å²) in [6.45, 7) is 5.25. The molecule has 0 amide bonds. The molecule has 0 aliphatic carbocycles. The average molecular weight is 306 g/mol. The first kappa shape index (κ1) is 14.8. The van der Waals surface area contributed by atoms with Crippen LogP contribution in [0.3, 0.4) is 0 Å². The molecule has 5 heteroatoms. The Morgan fingerprint density at radius 2 is 2.24 bits per heavy atom. The van der Waals surface area contributed by atoms with E-state index in [1.807, 2.05) is 23.7 Å². The van der Waals surface area contributed by atoms with E-state index in [1.54, 1.807) is 11.3 Å². The van der Waals surface area contributed by atoms with Crippen LogP contribution in [0.2, 0.25) is 0 Å². The maximum Gasteiger partial charge on any atom is 0.209 e. The molecular weight excluding hydrogens is 284 g/mol. The van der Waals surface area contributed by atoms with E-state index < -0.39 is 0 Å². The molecule has 1 N–H and O–H groups in total. The van der Waals surface area contributed by atoms with E-state index in [4.69, 9.17) is 4.42 Å². The van der Waals surface area contributed by atoms with E-state index in [9.17, 15) is 5.11 Å². The van der Waals surface area contributed by atoms with Crippen molar-refractivity contribution in [3.05, 3.63) is 29.6 Å². The third kappa shape index (κ3) is 3.20. The number of hydrogen-bond donors (Lipinski definition) is 1. The van der Waals surface area contributed by atoms with Gasteiger partial charge in [-0.15, -0.1) is 11.3 Å². The van der Waals surface area contributed by atoms with Crippen molar-refractivity contribution in [3.63, 3.8) is 0 Å². The minimum atomic E-state index is 0.134. The third-order valence-electron chi connectivity index (χ3n) is 4.68. The van der Waals surface area contributed by atoms with Gasteiger partial charge in [0, 0.05) is 6.61 Å². The molecule has 0 bridgehead atoms. The lowest BCUT2D eigenvalue weighted by atomic mass is 9.77. The van der Waals surface area contributed by atoms with Gasteiger partial charge in [-0.2, -0.15) is 0 Å². The van der Waals surface area contributed by atoms with Crippen molar-refractivity contribution in [1.82, 2.24) is 9.88 Å². The normalized spacial score (nSPS) is 19.0. The number of nitrogens with zero attached hydrogens (tertiary/aromatic N) is 2. The van der Waals surface area contributed by atoms with Gasteiger partial charge in [0.1, 0.15) is 0 Å². The summed E-state index contributed by atoms with van der Waals surface area (Å²) in [6.07, 6.45) is 4.98. The number of piperidine rings is 1. The van der Waals surface area contributed by atoms with E-state index in [0.717, 1.165) is 55.4 Å². The van der Waals surface area contributed by atoms with Crippen LogP contribution >= 0.6 is 11.3 Å². The zero-order chi connectivity index (χ0) is 14.7. The minimum absolute atomic E-state index is 0.134. The lowest BCUT2D eigenvalue weighted by molar-refractivity contribution is 0.0355. The standard InChI is InChI=1S/C16H22N2O2S/c1-2-16(12-19)5-7-18(8-6-16)11-15-17-10-13(20-15)14-4-3-9-21-14/h3-4,9-10,19H,2,5-8,11-12H2,1H3. The van der Waals surface area contributed by atoms with Crippen LogP contribution in [0.25, 0.3) is 10.6 Å². The number of likely N-dealkylation sites (tertiary alicyclic amines) is 1. The predicted molar refractivity (Wildman–Crippen MR) is 84.1 cm³/mol. The molecule has 0 radical (unpaired) electrons. The molecule has 2 aromatic heterocycles. The van der Waals surface area contributed by atoms with Crippen LogP contribution in [0, 0.1) is 5.41 Å². The van der Waals surface area contributed by atoms with Crippen molar-refractivity contribution in [2.24, 2.45) is 5.41 Å². The summed E-state index contributed by atoms with van der Waals surface area (Å²) in [7, 11) is 0. The van der Waals surface area contributed by atoms with E-state index in [1.165, 1.54) is 0 Å². The second kappa shape index (κ2) is 6.30. The summed E-state index contributed by atoms with van der Waals surface area (Å²) in [4.78, 5) is 7.88. The molecular formula is C16H22N2O2S. The molecule has 0 spiro atoms. The Labute approximate surface area is 129 Å². The molecule has 0 saturated carbocycles. The van der Waals surface area contributed by atoms with Crippen molar-refractivity contribution in [2.45, 2.75) is 32.7 Å². The van der Waals surface area contributed by atoms with Crippen LogP contribution in [0.1, 0.15) is 32.1 Å². The quantitative estimate of drug-likeness (QED) is 0.920. The van der Waals surface area contributed by atoms with Crippen molar-refractivity contribution in [3.8, 4) is 10.6 Å². The maximum atomic E-state index is 9.58. The predicted octanol–water partition coefficient (Wildman–Crippen LogP) is 3.39. The van der Waals surface area contributed by atoms with E-state index >= 15 is 0 Å². The van der Waals surface area contributed by atoms with Gasteiger partial charge >= 0.3 is 0 Å². The Morgan fingerprint density at radius 3 is 2.86 bits per heavy atom. The molecule has 1 aliphatic rings. The number of aliphatic hydroxyl groups excluding tert-OH is 1. The first-order valence-corrected chi connectivity index (χ1v) is 8.44.